The normalized spacial score (nSPS) is 31.5. The third-order valence-corrected chi connectivity index (χ3v) is 3.87. The lowest BCUT2D eigenvalue weighted by atomic mass is 9.99. The summed E-state index contributed by atoms with van der Waals surface area (Å²) in [6, 6.07) is 0.468. The highest BCUT2D eigenvalue weighted by atomic mass is 16.2. The minimum absolute atomic E-state index is 0.0448. The van der Waals surface area contributed by atoms with Gasteiger partial charge in [-0.3, -0.25) is 4.79 Å². The first-order valence-electron chi connectivity index (χ1n) is 6.88. The van der Waals surface area contributed by atoms with Gasteiger partial charge in [0.25, 0.3) is 0 Å². The first-order chi connectivity index (χ1) is 8.50. The molecule has 1 fully saturated rings. The molecule has 2 rings (SSSR count). The van der Waals surface area contributed by atoms with Gasteiger partial charge in [0, 0.05) is 19.6 Å². The van der Waals surface area contributed by atoms with E-state index in [1.807, 2.05) is 32.7 Å². The molecule has 18 heavy (non-hydrogen) atoms. The molecule has 0 saturated carbocycles. The van der Waals surface area contributed by atoms with Crippen LogP contribution in [0.15, 0.2) is 24.4 Å². The van der Waals surface area contributed by atoms with E-state index in [0.717, 1.165) is 18.5 Å². The van der Waals surface area contributed by atoms with Crippen LogP contribution in [-0.2, 0) is 4.79 Å². The van der Waals surface area contributed by atoms with Gasteiger partial charge in [0.15, 0.2) is 0 Å². The Bertz CT molecular complexity index is 348. The minimum atomic E-state index is 0.0448. The molecule has 0 aromatic rings. The number of hydrogen-bond acceptors (Lipinski definition) is 2. The van der Waals surface area contributed by atoms with E-state index in [2.05, 4.69) is 30.7 Å². The van der Waals surface area contributed by atoms with Crippen molar-refractivity contribution in [3.8, 4) is 0 Å². The molecule has 3 heteroatoms. The number of fused-ring (bicyclic) bond motifs is 1. The Morgan fingerprint density at radius 2 is 1.94 bits per heavy atom. The van der Waals surface area contributed by atoms with Crippen LogP contribution in [0.3, 0.4) is 0 Å². The molecule has 2 aliphatic heterocycles. The molecule has 0 aliphatic carbocycles. The Labute approximate surface area is 111 Å². The van der Waals surface area contributed by atoms with Crippen molar-refractivity contribution in [3.05, 3.63) is 24.4 Å². The number of nitrogens with zero attached hydrogens (tertiary/aromatic N) is 2. The van der Waals surface area contributed by atoms with Crippen molar-refractivity contribution in [2.45, 2.75) is 46.2 Å². The molecule has 1 saturated heterocycles. The quantitative estimate of drug-likeness (QED) is 0.617. The van der Waals surface area contributed by atoms with Gasteiger partial charge in [0.05, 0.1) is 12.0 Å². The van der Waals surface area contributed by atoms with E-state index in [-0.39, 0.29) is 23.9 Å². The topological polar surface area (TPSA) is 23.6 Å². The van der Waals surface area contributed by atoms with Crippen molar-refractivity contribution in [2.24, 2.45) is 5.92 Å². The summed E-state index contributed by atoms with van der Waals surface area (Å²) < 4.78 is 0. The van der Waals surface area contributed by atoms with Crippen LogP contribution in [0.4, 0.5) is 0 Å². The lowest BCUT2D eigenvalue weighted by Crippen LogP contribution is -2.46. The zero-order chi connectivity index (χ0) is 13.9. The number of carbonyl (C=O) groups is 1. The largest absolute Gasteiger partial charge is 0.377 e. The van der Waals surface area contributed by atoms with Crippen LogP contribution in [0.2, 0.25) is 0 Å². The van der Waals surface area contributed by atoms with Crippen LogP contribution in [0.25, 0.3) is 0 Å². The molecule has 0 radical (unpaired) electrons. The molecule has 1 amide bonds. The van der Waals surface area contributed by atoms with Gasteiger partial charge in [-0.15, -0.1) is 0 Å². The number of rotatable bonds is 0. The van der Waals surface area contributed by atoms with E-state index in [4.69, 9.17) is 0 Å². The highest BCUT2D eigenvalue weighted by Crippen LogP contribution is 2.27. The highest BCUT2D eigenvalue weighted by Gasteiger charge is 2.35. The maximum atomic E-state index is 12.3. The summed E-state index contributed by atoms with van der Waals surface area (Å²) in [7, 11) is 2.03. The average Bonchev–Trinajstić information content (AvgIpc) is 2.75. The van der Waals surface area contributed by atoms with Gasteiger partial charge >= 0.3 is 0 Å². The van der Waals surface area contributed by atoms with Crippen molar-refractivity contribution < 1.29 is 4.79 Å². The second kappa shape index (κ2) is 6.07. The zero-order valence-corrected chi connectivity index (χ0v) is 12.3. The average molecular weight is 250 g/mol. The maximum Gasteiger partial charge on any atom is 0.228 e. The summed E-state index contributed by atoms with van der Waals surface area (Å²) in [5.41, 5.74) is 1.16. The summed E-state index contributed by atoms with van der Waals surface area (Å²) in [6.45, 7) is 12.8. The highest BCUT2D eigenvalue weighted by molar-refractivity contribution is 5.80. The van der Waals surface area contributed by atoms with Crippen LogP contribution in [0.1, 0.15) is 34.1 Å². The molecule has 3 unspecified atom stereocenters. The van der Waals surface area contributed by atoms with E-state index < -0.39 is 0 Å². The predicted octanol–water partition coefficient (Wildman–Crippen LogP) is 2.65. The van der Waals surface area contributed by atoms with Gasteiger partial charge in [-0.05, 0) is 25.6 Å². The Hall–Kier alpha value is -1.25. The minimum Gasteiger partial charge on any atom is -0.377 e. The van der Waals surface area contributed by atoms with Crippen molar-refractivity contribution in [3.63, 3.8) is 0 Å². The molecular formula is C15H26N2O. The lowest BCUT2D eigenvalue weighted by molar-refractivity contribution is -0.136. The van der Waals surface area contributed by atoms with Gasteiger partial charge in [-0.1, -0.05) is 32.9 Å². The summed E-state index contributed by atoms with van der Waals surface area (Å²) in [6.07, 6.45) is 5.14. The van der Waals surface area contributed by atoms with Crippen molar-refractivity contribution >= 4 is 5.91 Å². The van der Waals surface area contributed by atoms with Crippen molar-refractivity contribution in [1.82, 2.24) is 9.80 Å². The fourth-order valence-electron chi connectivity index (χ4n) is 2.43. The van der Waals surface area contributed by atoms with Gasteiger partial charge < -0.3 is 9.80 Å². The molecule has 102 valence electrons. The SMILES string of the molecule is C=C1CC2C=CN(C)C(C)C(C)C(=O)N2C1.CC. The van der Waals surface area contributed by atoms with Crippen molar-refractivity contribution in [2.75, 3.05) is 13.6 Å². The van der Waals surface area contributed by atoms with E-state index in [1.54, 1.807) is 0 Å². The number of amides is 1. The first-order valence-corrected chi connectivity index (χ1v) is 6.88. The molecule has 0 bridgehead atoms. The smallest absolute Gasteiger partial charge is 0.228 e. The van der Waals surface area contributed by atoms with Gasteiger partial charge in [0.1, 0.15) is 0 Å². The molecule has 2 aliphatic rings. The Morgan fingerprint density at radius 1 is 1.33 bits per heavy atom. The summed E-state index contributed by atoms with van der Waals surface area (Å²) >= 11 is 0. The molecule has 2 heterocycles. The standard InChI is InChI=1S/C13H20N2O.C2H6/c1-9-7-12-5-6-14(4)11(3)10(2)13(16)15(12)8-9;1-2/h5-6,10-12H,1,7-8H2,2-4H3;1-2H3. The van der Waals surface area contributed by atoms with E-state index in [0.29, 0.717) is 0 Å². The predicted molar refractivity (Wildman–Crippen MR) is 76.1 cm³/mol. The number of carbonyl (C=O) groups excluding carboxylic acids is 1. The van der Waals surface area contributed by atoms with Crippen LogP contribution >= 0.6 is 0 Å². The molecular weight excluding hydrogens is 224 g/mol. The van der Waals surface area contributed by atoms with E-state index in [9.17, 15) is 4.79 Å². The van der Waals surface area contributed by atoms with E-state index in [1.165, 1.54) is 0 Å². The third kappa shape index (κ3) is 2.77. The third-order valence-electron chi connectivity index (χ3n) is 3.87. The molecule has 3 nitrogen and oxygen atoms in total. The molecule has 3 atom stereocenters. The zero-order valence-electron chi connectivity index (χ0n) is 12.3. The Morgan fingerprint density at radius 3 is 2.56 bits per heavy atom. The monoisotopic (exact) mass is 250 g/mol. The first kappa shape index (κ1) is 14.8. The molecule has 0 aromatic carbocycles. The molecule has 0 spiro atoms. The molecule has 0 aromatic heterocycles. The maximum absolute atomic E-state index is 12.3. The lowest BCUT2D eigenvalue weighted by Gasteiger charge is -2.35. The molecule has 0 N–H and O–H groups in total. The Kier molecular flexibility index (Phi) is 5.00. The summed E-state index contributed by atoms with van der Waals surface area (Å²) in [5.74, 6) is 0.302. The van der Waals surface area contributed by atoms with Crippen LogP contribution in [-0.4, -0.2) is 41.4 Å². The van der Waals surface area contributed by atoms with Crippen molar-refractivity contribution in [1.29, 1.82) is 0 Å². The van der Waals surface area contributed by atoms with Crippen LogP contribution in [0, 0.1) is 5.92 Å². The number of hydrogen-bond donors (Lipinski definition) is 0. The Balaban J connectivity index is 0.000000771. The van der Waals surface area contributed by atoms with Gasteiger partial charge in [-0.25, -0.2) is 0 Å². The summed E-state index contributed by atoms with van der Waals surface area (Å²) in [4.78, 5) is 16.4. The fraction of sp³-hybridized carbons (Fsp3) is 0.667. The second-order valence-corrected chi connectivity index (χ2v) is 5.02. The summed E-state index contributed by atoms with van der Waals surface area (Å²) in [5, 5.41) is 0. The van der Waals surface area contributed by atoms with Gasteiger partial charge in [0.2, 0.25) is 5.91 Å². The van der Waals surface area contributed by atoms with Crippen LogP contribution < -0.4 is 0 Å². The van der Waals surface area contributed by atoms with Gasteiger partial charge in [-0.2, -0.15) is 0 Å². The van der Waals surface area contributed by atoms with Crippen LogP contribution in [0.5, 0.6) is 0 Å². The second-order valence-electron chi connectivity index (χ2n) is 5.02. The van der Waals surface area contributed by atoms with E-state index >= 15 is 0 Å². The fourth-order valence-corrected chi connectivity index (χ4v) is 2.43.